The molecule has 2 rings (SSSR count). The fraction of sp³-hybridized carbons (Fsp3) is 0.286. The van der Waals surface area contributed by atoms with E-state index in [1.54, 1.807) is 25.1 Å². The molecule has 0 aliphatic rings. The van der Waals surface area contributed by atoms with Gasteiger partial charge in [-0.2, -0.15) is 0 Å². The molecule has 2 aromatic rings. The molecule has 0 aliphatic heterocycles. The summed E-state index contributed by atoms with van der Waals surface area (Å²) in [5.74, 6) is 0.830. The van der Waals surface area contributed by atoms with Gasteiger partial charge < -0.3 is 15.2 Å². The molecule has 2 N–H and O–H groups in total. The van der Waals surface area contributed by atoms with E-state index in [4.69, 9.17) is 27.7 Å². The predicted octanol–water partition coefficient (Wildman–Crippen LogP) is 3.58. The van der Waals surface area contributed by atoms with Gasteiger partial charge in [-0.3, -0.25) is 4.79 Å². The Balaban J connectivity index is 1.88. The van der Waals surface area contributed by atoms with E-state index in [0.717, 1.165) is 5.56 Å². The van der Waals surface area contributed by atoms with Crippen LogP contribution in [0.15, 0.2) is 28.8 Å². The van der Waals surface area contributed by atoms with E-state index >= 15 is 0 Å². The van der Waals surface area contributed by atoms with E-state index in [1.807, 2.05) is 13.0 Å². The minimum Gasteiger partial charge on any atom is -0.360 e. The van der Waals surface area contributed by atoms with Gasteiger partial charge in [-0.15, -0.1) is 0 Å². The molecule has 1 atom stereocenters. The van der Waals surface area contributed by atoms with Crippen molar-refractivity contribution in [2.75, 3.05) is 11.9 Å². The number of nitrogens with zero attached hydrogens (tertiary/aromatic N) is 1. The molecule has 1 heterocycles. The van der Waals surface area contributed by atoms with E-state index in [0.29, 0.717) is 21.6 Å². The van der Waals surface area contributed by atoms with Crippen LogP contribution in [0.4, 0.5) is 5.82 Å². The molecule has 0 fully saturated rings. The average molecular weight is 328 g/mol. The van der Waals surface area contributed by atoms with Gasteiger partial charge in [0.05, 0.1) is 6.54 Å². The van der Waals surface area contributed by atoms with Gasteiger partial charge in [-0.05, 0) is 31.5 Å². The molecule has 5 nitrogen and oxygen atoms in total. The molecule has 0 aliphatic carbocycles. The van der Waals surface area contributed by atoms with Crippen molar-refractivity contribution in [3.8, 4) is 0 Å². The minimum absolute atomic E-state index is 0.0837. The Bertz CT molecular complexity index is 643. The lowest BCUT2D eigenvalue weighted by molar-refractivity contribution is -0.115. The van der Waals surface area contributed by atoms with Gasteiger partial charge in [0.2, 0.25) is 5.91 Å². The Labute approximate surface area is 132 Å². The summed E-state index contributed by atoms with van der Waals surface area (Å²) in [6, 6.07) is 6.84. The molecule has 1 amide bonds. The molecule has 112 valence electrons. The fourth-order valence-corrected chi connectivity index (χ4v) is 2.39. The van der Waals surface area contributed by atoms with Crippen molar-refractivity contribution in [1.82, 2.24) is 10.5 Å². The van der Waals surface area contributed by atoms with Crippen molar-refractivity contribution in [2.24, 2.45) is 0 Å². The van der Waals surface area contributed by atoms with Crippen LogP contribution < -0.4 is 10.6 Å². The molecule has 0 bridgehead atoms. The van der Waals surface area contributed by atoms with Crippen molar-refractivity contribution in [2.45, 2.75) is 19.9 Å². The topological polar surface area (TPSA) is 67.2 Å². The van der Waals surface area contributed by atoms with Gasteiger partial charge in [0, 0.05) is 22.2 Å². The monoisotopic (exact) mass is 327 g/mol. The average Bonchev–Trinajstić information content (AvgIpc) is 2.81. The van der Waals surface area contributed by atoms with Crippen LogP contribution in [-0.2, 0) is 4.79 Å². The second-order valence-corrected chi connectivity index (χ2v) is 5.48. The molecule has 0 saturated carbocycles. The highest BCUT2D eigenvalue weighted by molar-refractivity contribution is 6.35. The number of benzene rings is 1. The van der Waals surface area contributed by atoms with Crippen molar-refractivity contribution in [3.63, 3.8) is 0 Å². The number of amides is 1. The molecule has 0 radical (unpaired) electrons. The zero-order valence-corrected chi connectivity index (χ0v) is 13.1. The van der Waals surface area contributed by atoms with Gasteiger partial charge >= 0.3 is 0 Å². The molecular weight excluding hydrogens is 313 g/mol. The number of rotatable bonds is 5. The van der Waals surface area contributed by atoms with Crippen LogP contribution in [0.1, 0.15) is 24.3 Å². The first-order valence-electron chi connectivity index (χ1n) is 6.37. The summed E-state index contributed by atoms with van der Waals surface area (Å²) in [5.41, 5.74) is 0.881. The maximum absolute atomic E-state index is 11.8. The summed E-state index contributed by atoms with van der Waals surface area (Å²) < 4.78 is 4.87. The number of nitrogens with one attached hydrogen (secondary N) is 2. The number of anilines is 1. The second-order valence-electron chi connectivity index (χ2n) is 4.64. The van der Waals surface area contributed by atoms with Crippen molar-refractivity contribution >= 4 is 34.9 Å². The molecule has 1 aromatic heterocycles. The lowest BCUT2D eigenvalue weighted by atomic mass is 10.1. The second kappa shape index (κ2) is 6.93. The maximum Gasteiger partial charge on any atom is 0.239 e. The quantitative estimate of drug-likeness (QED) is 0.880. The van der Waals surface area contributed by atoms with Crippen LogP contribution in [0.25, 0.3) is 0 Å². The summed E-state index contributed by atoms with van der Waals surface area (Å²) in [6.07, 6.45) is 0. The first kappa shape index (κ1) is 15.8. The van der Waals surface area contributed by atoms with Crippen LogP contribution in [0.2, 0.25) is 10.0 Å². The Morgan fingerprint density at radius 2 is 2.14 bits per heavy atom. The van der Waals surface area contributed by atoms with Gasteiger partial charge in [-0.1, -0.05) is 34.4 Å². The van der Waals surface area contributed by atoms with Crippen LogP contribution in [0.5, 0.6) is 0 Å². The summed E-state index contributed by atoms with van der Waals surface area (Å²) in [7, 11) is 0. The number of hydrogen-bond donors (Lipinski definition) is 2. The van der Waals surface area contributed by atoms with Crippen molar-refractivity contribution in [3.05, 3.63) is 45.6 Å². The number of aromatic nitrogens is 1. The number of halogens is 2. The van der Waals surface area contributed by atoms with Gasteiger partial charge in [0.25, 0.3) is 0 Å². The summed E-state index contributed by atoms with van der Waals surface area (Å²) in [4.78, 5) is 11.8. The molecule has 21 heavy (non-hydrogen) atoms. The Morgan fingerprint density at radius 3 is 2.76 bits per heavy atom. The van der Waals surface area contributed by atoms with Crippen molar-refractivity contribution < 1.29 is 9.32 Å². The lowest BCUT2D eigenvalue weighted by Gasteiger charge is -2.15. The third-order valence-electron chi connectivity index (χ3n) is 2.89. The Hall–Kier alpha value is -1.56. The molecule has 0 saturated heterocycles. The zero-order chi connectivity index (χ0) is 15.4. The van der Waals surface area contributed by atoms with E-state index in [-0.39, 0.29) is 18.5 Å². The smallest absolute Gasteiger partial charge is 0.239 e. The number of carbonyl (C=O) groups is 1. The highest BCUT2D eigenvalue weighted by atomic mass is 35.5. The third-order valence-corrected chi connectivity index (χ3v) is 3.46. The zero-order valence-electron chi connectivity index (χ0n) is 11.6. The number of carbonyl (C=O) groups excluding carboxylic acids is 1. The fourth-order valence-electron chi connectivity index (χ4n) is 1.82. The Morgan fingerprint density at radius 1 is 1.38 bits per heavy atom. The SMILES string of the molecule is Cc1cc(NC(=O)CN[C@H](C)c2ccc(Cl)cc2Cl)no1. The first-order valence-corrected chi connectivity index (χ1v) is 7.13. The van der Waals surface area contributed by atoms with E-state index in [2.05, 4.69) is 15.8 Å². The third kappa shape index (κ3) is 4.46. The highest BCUT2D eigenvalue weighted by Gasteiger charge is 2.12. The van der Waals surface area contributed by atoms with Crippen LogP contribution in [0.3, 0.4) is 0 Å². The summed E-state index contributed by atoms with van der Waals surface area (Å²) >= 11 is 12.0. The molecule has 7 heteroatoms. The first-order chi connectivity index (χ1) is 9.95. The van der Waals surface area contributed by atoms with Crippen LogP contribution >= 0.6 is 23.2 Å². The highest BCUT2D eigenvalue weighted by Crippen LogP contribution is 2.25. The van der Waals surface area contributed by atoms with Crippen molar-refractivity contribution in [1.29, 1.82) is 0 Å². The number of aryl methyl sites for hydroxylation is 1. The predicted molar refractivity (Wildman–Crippen MR) is 82.7 cm³/mol. The maximum atomic E-state index is 11.8. The van der Waals surface area contributed by atoms with Crippen LogP contribution in [0, 0.1) is 6.92 Å². The summed E-state index contributed by atoms with van der Waals surface area (Å²) in [6.45, 7) is 3.81. The largest absolute Gasteiger partial charge is 0.360 e. The minimum atomic E-state index is -0.208. The molecule has 0 spiro atoms. The standard InChI is InChI=1S/C14H15Cl2N3O2/c1-8-5-13(19-21-8)18-14(20)7-17-9(2)11-4-3-10(15)6-12(11)16/h3-6,9,17H,7H2,1-2H3,(H,18,19,20)/t9-/m1/s1. The normalized spacial score (nSPS) is 12.2. The van der Waals surface area contributed by atoms with Gasteiger partial charge in [0.1, 0.15) is 5.76 Å². The van der Waals surface area contributed by atoms with E-state index in [9.17, 15) is 4.79 Å². The van der Waals surface area contributed by atoms with E-state index < -0.39 is 0 Å². The summed E-state index contributed by atoms with van der Waals surface area (Å²) in [5, 5.41) is 10.6. The number of hydrogen-bond acceptors (Lipinski definition) is 4. The molecule has 0 unspecified atom stereocenters. The van der Waals surface area contributed by atoms with Crippen LogP contribution in [-0.4, -0.2) is 17.6 Å². The van der Waals surface area contributed by atoms with Gasteiger partial charge in [0.15, 0.2) is 5.82 Å². The Kier molecular flexibility index (Phi) is 5.22. The molecular formula is C14H15Cl2N3O2. The molecule has 1 aromatic carbocycles. The van der Waals surface area contributed by atoms with E-state index in [1.165, 1.54) is 0 Å². The lowest BCUT2D eigenvalue weighted by Crippen LogP contribution is -2.30. The van der Waals surface area contributed by atoms with Gasteiger partial charge in [-0.25, -0.2) is 0 Å².